The lowest BCUT2D eigenvalue weighted by Crippen LogP contribution is -2.49. The van der Waals surface area contributed by atoms with E-state index in [4.69, 9.17) is 21.4 Å². The summed E-state index contributed by atoms with van der Waals surface area (Å²) in [5, 5.41) is 19.9. The molecule has 0 saturated carbocycles. The van der Waals surface area contributed by atoms with Crippen LogP contribution in [0.5, 0.6) is 5.75 Å². The van der Waals surface area contributed by atoms with Crippen molar-refractivity contribution in [1.29, 1.82) is 0 Å². The Labute approximate surface area is 143 Å². The van der Waals surface area contributed by atoms with E-state index < -0.39 is 6.10 Å². The molecule has 0 bridgehead atoms. The van der Waals surface area contributed by atoms with E-state index in [2.05, 4.69) is 9.80 Å². The second-order valence-corrected chi connectivity index (χ2v) is 6.58. The van der Waals surface area contributed by atoms with Gasteiger partial charge in [-0.1, -0.05) is 11.6 Å². The van der Waals surface area contributed by atoms with Crippen LogP contribution in [0.3, 0.4) is 0 Å². The number of aryl methyl sites for hydroxylation is 2. The maximum Gasteiger partial charge on any atom is 0.120 e. The van der Waals surface area contributed by atoms with Crippen LogP contribution in [0.15, 0.2) is 12.1 Å². The monoisotopic (exact) mass is 342 g/mol. The number of aliphatic hydroxyl groups is 2. The lowest BCUT2D eigenvalue weighted by Gasteiger charge is -2.35. The fourth-order valence-electron chi connectivity index (χ4n) is 2.87. The molecule has 1 saturated heterocycles. The van der Waals surface area contributed by atoms with Gasteiger partial charge in [0.2, 0.25) is 0 Å². The highest BCUT2D eigenvalue weighted by atomic mass is 35.5. The molecule has 1 atom stereocenters. The molecule has 1 aliphatic heterocycles. The van der Waals surface area contributed by atoms with E-state index in [-0.39, 0.29) is 13.2 Å². The summed E-state index contributed by atoms with van der Waals surface area (Å²) in [6.07, 6.45) is -0.518. The Hall–Kier alpha value is -0.850. The molecule has 1 fully saturated rings. The minimum Gasteiger partial charge on any atom is -0.491 e. The first-order valence-electron chi connectivity index (χ1n) is 8.12. The SMILES string of the molecule is Cc1cc(OC[C@H](O)CN2CCN(CCO)CC2)cc(C)c1Cl. The molecule has 1 aromatic carbocycles. The Morgan fingerprint density at radius 2 is 1.70 bits per heavy atom. The highest BCUT2D eigenvalue weighted by Crippen LogP contribution is 2.25. The van der Waals surface area contributed by atoms with Crippen LogP contribution in [-0.2, 0) is 0 Å². The summed E-state index contributed by atoms with van der Waals surface area (Å²) in [4.78, 5) is 4.47. The fraction of sp³-hybridized carbons (Fsp3) is 0.647. The van der Waals surface area contributed by atoms with E-state index in [9.17, 15) is 5.11 Å². The van der Waals surface area contributed by atoms with E-state index in [1.54, 1.807) is 0 Å². The van der Waals surface area contributed by atoms with Crippen LogP contribution < -0.4 is 4.74 Å². The first kappa shape index (κ1) is 18.5. The van der Waals surface area contributed by atoms with Gasteiger partial charge in [-0.3, -0.25) is 9.80 Å². The molecule has 130 valence electrons. The van der Waals surface area contributed by atoms with Crippen molar-refractivity contribution < 1.29 is 14.9 Å². The predicted molar refractivity (Wildman–Crippen MR) is 92.4 cm³/mol. The molecule has 0 spiro atoms. The smallest absolute Gasteiger partial charge is 0.120 e. The van der Waals surface area contributed by atoms with Crippen LogP contribution in [0.2, 0.25) is 5.02 Å². The first-order valence-corrected chi connectivity index (χ1v) is 8.50. The Morgan fingerprint density at radius 3 is 2.26 bits per heavy atom. The number of ether oxygens (including phenoxy) is 1. The van der Waals surface area contributed by atoms with Gasteiger partial charge in [0.1, 0.15) is 18.5 Å². The van der Waals surface area contributed by atoms with Gasteiger partial charge in [0.05, 0.1) is 6.61 Å². The number of nitrogens with zero attached hydrogens (tertiary/aromatic N) is 2. The van der Waals surface area contributed by atoms with Crippen molar-refractivity contribution in [2.45, 2.75) is 20.0 Å². The van der Waals surface area contributed by atoms with Crippen LogP contribution >= 0.6 is 11.6 Å². The molecule has 2 rings (SSSR count). The Morgan fingerprint density at radius 1 is 1.13 bits per heavy atom. The predicted octanol–water partition coefficient (Wildman–Crippen LogP) is 1.31. The van der Waals surface area contributed by atoms with Crippen molar-refractivity contribution in [3.8, 4) is 5.75 Å². The second-order valence-electron chi connectivity index (χ2n) is 6.20. The fourth-order valence-corrected chi connectivity index (χ4v) is 2.98. The third-order valence-electron chi connectivity index (χ3n) is 4.20. The standard InChI is InChI=1S/C17H27ClN2O3/c1-13-9-16(10-14(2)17(13)18)23-12-15(22)11-20-5-3-19(4-6-20)7-8-21/h9-10,15,21-22H,3-8,11-12H2,1-2H3/t15-/m1/s1. The first-order chi connectivity index (χ1) is 11.0. The molecule has 0 aliphatic carbocycles. The van der Waals surface area contributed by atoms with Gasteiger partial charge in [0.15, 0.2) is 0 Å². The van der Waals surface area contributed by atoms with Crippen LogP contribution in [0, 0.1) is 13.8 Å². The van der Waals surface area contributed by atoms with Crippen molar-refractivity contribution in [1.82, 2.24) is 9.80 Å². The van der Waals surface area contributed by atoms with Crippen LogP contribution in [-0.4, -0.2) is 78.6 Å². The summed E-state index contributed by atoms with van der Waals surface area (Å²) in [6.45, 7) is 9.41. The van der Waals surface area contributed by atoms with Gasteiger partial charge < -0.3 is 14.9 Å². The molecular weight excluding hydrogens is 316 g/mol. The number of β-amino-alcohol motifs (C(OH)–C–C–N with tert-alkyl or cyclic N) is 2. The minimum atomic E-state index is -0.518. The topological polar surface area (TPSA) is 56.2 Å². The molecule has 1 aromatic rings. The van der Waals surface area contributed by atoms with Crippen molar-refractivity contribution in [3.63, 3.8) is 0 Å². The average Bonchev–Trinajstić information content (AvgIpc) is 2.52. The molecule has 2 N–H and O–H groups in total. The molecule has 6 heteroatoms. The van der Waals surface area contributed by atoms with E-state index >= 15 is 0 Å². The van der Waals surface area contributed by atoms with Crippen molar-refractivity contribution in [2.24, 2.45) is 0 Å². The number of aliphatic hydroxyl groups excluding tert-OH is 2. The van der Waals surface area contributed by atoms with Crippen LogP contribution in [0.4, 0.5) is 0 Å². The lowest BCUT2D eigenvalue weighted by atomic mass is 10.1. The Bertz CT molecular complexity index is 482. The maximum atomic E-state index is 10.2. The van der Waals surface area contributed by atoms with Gasteiger partial charge >= 0.3 is 0 Å². The van der Waals surface area contributed by atoms with E-state index in [0.717, 1.165) is 54.6 Å². The summed E-state index contributed by atoms with van der Waals surface area (Å²) >= 11 is 6.14. The minimum absolute atomic E-state index is 0.205. The molecular formula is C17H27ClN2O3. The van der Waals surface area contributed by atoms with Gasteiger partial charge in [-0.25, -0.2) is 0 Å². The molecule has 0 amide bonds. The largest absolute Gasteiger partial charge is 0.491 e. The van der Waals surface area contributed by atoms with Crippen LogP contribution in [0.25, 0.3) is 0 Å². The number of rotatable bonds is 7. The lowest BCUT2D eigenvalue weighted by molar-refractivity contribution is 0.0428. The molecule has 1 heterocycles. The zero-order valence-electron chi connectivity index (χ0n) is 14.0. The van der Waals surface area contributed by atoms with Gasteiger partial charge in [-0.05, 0) is 37.1 Å². The van der Waals surface area contributed by atoms with E-state index in [1.165, 1.54) is 0 Å². The molecule has 0 aromatic heterocycles. The quantitative estimate of drug-likeness (QED) is 0.782. The maximum absolute atomic E-state index is 10.2. The number of piperazine rings is 1. The Kier molecular flexibility index (Phi) is 7.11. The molecule has 5 nitrogen and oxygen atoms in total. The molecule has 23 heavy (non-hydrogen) atoms. The summed E-state index contributed by atoms with van der Waals surface area (Å²) in [6, 6.07) is 3.80. The van der Waals surface area contributed by atoms with Gasteiger partial charge in [0.25, 0.3) is 0 Å². The normalized spacial score (nSPS) is 18.1. The number of benzene rings is 1. The van der Waals surface area contributed by atoms with Gasteiger partial charge in [0, 0.05) is 44.3 Å². The zero-order valence-corrected chi connectivity index (χ0v) is 14.7. The van der Waals surface area contributed by atoms with Crippen molar-refractivity contribution in [3.05, 3.63) is 28.3 Å². The summed E-state index contributed by atoms with van der Waals surface area (Å²) in [5.41, 5.74) is 1.97. The van der Waals surface area contributed by atoms with Crippen LogP contribution in [0.1, 0.15) is 11.1 Å². The number of hydrogen-bond acceptors (Lipinski definition) is 5. The van der Waals surface area contributed by atoms with E-state index in [1.807, 2.05) is 26.0 Å². The van der Waals surface area contributed by atoms with Crippen molar-refractivity contribution in [2.75, 3.05) is 52.5 Å². The van der Waals surface area contributed by atoms with Gasteiger partial charge in [-0.15, -0.1) is 0 Å². The third-order valence-corrected chi connectivity index (χ3v) is 4.80. The van der Waals surface area contributed by atoms with Crippen molar-refractivity contribution >= 4 is 11.6 Å². The van der Waals surface area contributed by atoms with Gasteiger partial charge in [-0.2, -0.15) is 0 Å². The highest BCUT2D eigenvalue weighted by molar-refractivity contribution is 6.32. The number of halogens is 1. The summed E-state index contributed by atoms with van der Waals surface area (Å²) < 4.78 is 5.71. The summed E-state index contributed by atoms with van der Waals surface area (Å²) in [5.74, 6) is 0.746. The van der Waals surface area contributed by atoms with E-state index in [0.29, 0.717) is 6.54 Å². The molecule has 0 unspecified atom stereocenters. The second kappa shape index (κ2) is 8.85. The molecule has 0 radical (unpaired) electrons. The summed E-state index contributed by atoms with van der Waals surface area (Å²) in [7, 11) is 0. The zero-order chi connectivity index (χ0) is 16.8. The number of hydrogen-bond donors (Lipinski definition) is 2. The highest BCUT2D eigenvalue weighted by Gasteiger charge is 2.19. The molecule has 1 aliphatic rings. The Balaban J connectivity index is 1.74. The third kappa shape index (κ3) is 5.62. The average molecular weight is 343 g/mol.